The number of nitro benzene ring substituents is 1. The van der Waals surface area contributed by atoms with Gasteiger partial charge in [-0.2, -0.15) is 0 Å². The molecule has 2 heterocycles. The Morgan fingerprint density at radius 3 is 2.40 bits per heavy atom. The van der Waals surface area contributed by atoms with Crippen LogP contribution in [0.15, 0.2) is 16.9 Å². The minimum Gasteiger partial charge on any atom is -0.370 e. The van der Waals surface area contributed by atoms with Crippen LogP contribution in [0.1, 0.15) is 12.8 Å². The van der Waals surface area contributed by atoms with Crippen LogP contribution < -0.4 is 10.6 Å². The molecular formula is C13H16N4O3. The van der Waals surface area contributed by atoms with Crippen LogP contribution in [0.3, 0.4) is 0 Å². The first-order valence-electron chi connectivity index (χ1n) is 6.59. The molecule has 106 valence electrons. The second kappa shape index (κ2) is 4.36. The van der Waals surface area contributed by atoms with E-state index in [9.17, 15) is 14.9 Å². The van der Waals surface area contributed by atoms with Crippen molar-refractivity contribution in [3.05, 3.63) is 32.7 Å². The zero-order valence-corrected chi connectivity index (χ0v) is 11.5. The van der Waals surface area contributed by atoms with Crippen LogP contribution >= 0.6 is 0 Å². The van der Waals surface area contributed by atoms with Crippen LogP contribution in [0.4, 0.5) is 11.4 Å². The number of hydrogen-bond donors (Lipinski definition) is 0. The molecule has 0 atom stereocenters. The lowest BCUT2D eigenvalue weighted by atomic mass is 10.2. The number of imidazole rings is 1. The molecule has 1 aromatic carbocycles. The van der Waals surface area contributed by atoms with Crippen LogP contribution in [0.2, 0.25) is 0 Å². The molecule has 20 heavy (non-hydrogen) atoms. The number of hydrogen-bond acceptors (Lipinski definition) is 4. The molecule has 0 N–H and O–H groups in total. The summed E-state index contributed by atoms with van der Waals surface area (Å²) in [6.45, 7) is 1.75. The van der Waals surface area contributed by atoms with Gasteiger partial charge in [-0.3, -0.25) is 19.2 Å². The fourth-order valence-electron chi connectivity index (χ4n) is 2.92. The van der Waals surface area contributed by atoms with E-state index in [0.717, 1.165) is 37.1 Å². The third-order valence-electron chi connectivity index (χ3n) is 3.98. The van der Waals surface area contributed by atoms with E-state index in [-0.39, 0.29) is 11.4 Å². The van der Waals surface area contributed by atoms with Crippen LogP contribution in [0.5, 0.6) is 0 Å². The van der Waals surface area contributed by atoms with Gasteiger partial charge < -0.3 is 4.90 Å². The summed E-state index contributed by atoms with van der Waals surface area (Å²) in [5.74, 6) is 0. The van der Waals surface area contributed by atoms with E-state index in [1.807, 2.05) is 0 Å². The molecule has 0 aliphatic carbocycles. The molecule has 1 aromatic heterocycles. The van der Waals surface area contributed by atoms with Gasteiger partial charge in [-0.15, -0.1) is 0 Å². The Balaban J connectivity index is 2.37. The number of anilines is 1. The van der Waals surface area contributed by atoms with E-state index in [4.69, 9.17) is 0 Å². The van der Waals surface area contributed by atoms with Gasteiger partial charge in [0.1, 0.15) is 0 Å². The Kier molecular flexibility index (Phi) is 2.77. The maximum absolute atomic E-state index is 12.1. The fraction of sp³-hybridized carbons (Fsp3) is 0.462. The molecule has 0 bridgehead atoms. The maximum Gasteiger partial charge on any atom is 0.328 e. The van der Waals surface area contributed by atoms with Crippen molar-refractivity contribution in [2.24, 2.45) is 14.1 Å². The number of rotatable bonds is 2. The standard InChI is InChI=1S/C13H16N4O3/c1-14-10-7-9(17(19)20)8-11(16-5-3-4-6-16)12(10)15(2)13(14)18/h7-8H,3-6H2,1-2H3. The number of nitrogens with zero attached hydrogens (tertiary/aromatic N) is 4. The predicted octanol–water partition coefficient (Wildman–Crippen LogP) is 1.39. The Bertz CT molecular complexity index is 753. The summed E-state index contributed by atoms with van der Waals surface area (Å²) in [5, 5.41) is 11.1. The highest BCUT2D eigenvalue weighted by Gasteiger charge is 2.23. The summed E-state index contributed by atoms with van der Waals surface area (Å²) in [7, 11) is 3.35. The van der Waals surface area contributed by atoms with Gasteiger partial charge in [0.15, 0.2) is 0 Å². The van der Waals surface area contributed by atoms with Crippen molar-refractivity contribution in [1.29, 1.82) is 0 Å². The highest BCUT2D eigenvalue weighted by Crippen LogP contribution is 2.32. The van der Waals surface area contributed by atoms with Crippen molar-refractivity contribution in [1.82, 2.24) is 9.13 Å². The molecule has 1 saturated heterocycles. The van der Waals surface area contributed by atoms with Gasteiger partial charge in [-0.1, -0.05) is 0 Å². The van der Waals surface area contributed by atoms with Crippen molar-refractivity contribution in [3.8, 4) is 0 Å². The lowest BCUT2D eigenvalue weighted by molar-refractivity contribution is -0.384. The molecule has 0 radical (unpaired) electrons. The first kappa shape index (κ1) is 12.7. The second-order valence-corrected chi connectivity index (χ2v) is 5.18. The predicted molar refractivity (Wildman–Crippen MR) is 76.3 cm³/mol. The molecule has 2 aromatic rings. The second-order valence-electron chi connectivity index (χ2n) is 5.18. The molecular weight excluding hydrogens is 260 g/mol. The number of fused-ring (bicyclic) bond motifs is 1. The molecule has 1 aliphatic rings. The zero-order valence-electron chi connectivity index (χ0n) is 11.5. The summed E-state index contributed by atoms with van der Waals surface area (Å²) in [5.41, 5.74) is 2.02. The summed E-state index contributed by atoms with van der Waals surface area (Å²) >= 11 is 0. The molecule has 7 nitrogen and oxygen atoms in total. The van der Waals surface area contributed by atoms with Crippen molar-refractivity contribution >= 4 is 22.4 Å². The fourth-order valence-corrected chi connectivity index (χ4v) is 2.92. The van der Waals surface area contributed by atoms with Gasteiger partial charge in [-0.05, 0) is 12.8 Å². The summed E-state index contributed by atoms with van der Waals surface area (Å²) in [6.07, 6.45) is 2.15. The van der Waals surface area contributed by atoms with Crippen molar-refractivity contribution in [2.75, 3.05) is 18.0 Å². The van der Waals surface area contributed by atoms with E-state index < -0.39 is 4.92 Å². The van der Waals surface area contributed by atoms with Gasteiger partial charge in [0, 0.05) is 39.3 Å². The number of nitro groups is 1. The van der Waals surface area contributed by atoms with E-state index in [2.05, 4.69) is 4.90 Å². The minimum absolute atomic E-state index is 0.0283. The molecule has 1 aliphatic heterocycles. The van der Waals surface area contributed by atoms with Crippen LogP contribution in [0.25, 0.3) is 11.0 Å². The largest absolute Gasteiger partial charge is 0.370 e. The first-order valence-corrected chi connectivity index (χ1v) is 6.59. The average molecular weight is 276 g/mol. The third kappa shape index (κ3) is 1.70. The Labute approximate surface area is 115 Å². The molecule has 3 rings (SSSR count). The Morgan fingerprint density at radius 2 is 1.80 bits per heavy atom. The van der Waals surface area contributed by atoms with E-state index >= 15 is 0 Å². The van der Waals surface area contributed by atoms with Crippen molar-refractivity contribution < 1.29 is 4.92 Å². The monoisotopic (exact) mass is 276 g/mol. The van der Waals surface area contributed by atoms with E-state index in [0.29, 0.717) is 5.52 Å². The van der Waals surface area contributed by atoms with Crippen molar-refractivity contribution in [2.45, 2.75) is 12.8 Å². The van der Waals surface area contributed by atoms with Crippen molar-refractivity contribution in [3.63, 3.8) is 0 Å². The molecule has 0 saturated carbocycles. The normalized spacial score (nSPS) is 15.2. The molecule has 0 amide bonds. The molecule has 0 spiro atoms. The van der Waals surface area contributed by atoms with Gasteiger partial charge in [0.05, 0.1) is 21.6 Å². The Hall–Kier alpha value is -2.31. The van der Waals surface area contributed by atoms with E-state index in [1.165, 1.54) is 10.6 Å². The smallest absolute Gasteiger partial charge is 0.328 e. The molecule has 0 unspecified atom stereocenters. The maximum atomic E-state index is 12.1. The lowest BCUT2D eigenvalue weighted by Gasteiger charge is -2.19. The number of aryl methyl sites for hydroxylation is 2. The van der Waals surface area contributed by atoms with Gasteiger partial charge in [0.2, 0.25) is 0 Å². The number of benzene rings is 1. The van der Waals surface area contributed by atoms with Gasteiger partial charge in [0.25, 0.3) is 5.69 Å². The quantitative estimate of drug-likeness (QED) is 0.613. The molecule has 7 heteroatoms. The van der Waals surface area contributed by atoms with Crippen LogP contribution in [-0.4, -0.2) is 27.1 Å². The first-order chi connectivity index (χ1) is 9.50. The Morgan fingerprint density at radius 1 is 1.15 bits per heavy atom. The SMILES string of the molecule is Cn1c(=O)n(C)c2c(N3CCCC3)cc([N+](=O)[O-])cc21. The van der Waals surface area contributed by atoms with Crippen LogP contribution in [0, 0.1) is 10.1 Å². The number of aromatic nitrogens is 2. The van der Waals surface area contributed by atoms with Crippen LogP contribution in [-0.2, 0) is 14.1 Å². The lowest BCUT2D eigenvalue weighted by Crippen LogP contribution is -2.21. The summed E-state index contributed by atoms with van der Waals surface area (Å²) in [6, 6.07) is 3.05. The van der Waals surface area contributed by atoms with E-state index in [1.54, 1.807) is 24.7 Å². The zero-order chi connectivity index (χ0) is 14.4. The highest BCUT2D eigenvalue weighted by molar-refractivity contribution is 5.92. The highest BCUT2D eigenvalue weighted by atomic mass is 16.6. The number of non-ortho nitro benzene ring substituents is 1. The topological polar surface area (TPSA) is 73.3 Å². The average Bonchev–Trinajstić information content (AvgIpc) is 3.03. The minimum atomic E-state index is -0.406. The van der Waals surface area contributed by atoms with Gasteiger partial charge in [-0.25, -0.2) is 4.79 Å². The summed E-state index contributed by atoms with van der Waals surface area (Å²) < 4.78 is 3.02. The molecule has 1 fully saturated rings. The third-order valence-corrected chi connectivity index (χ3v) is 3.98. The van der Waals surface area contributed by atoms with Gasteiger partial charge >= 0.3 is 5.69 Å². The summed E-state index contributed by atoms with van der Waals surface area (Å²) in [4.78, 5) is 24.9.